The van der Waals surface area contributed by atoms with Gasteiger partial charge >= 0.3 is 0 Å². The SMILES string of the molecule is CCNCc1cccc(NS(=O)(=O)c2cc(C)c(Cl)s2)c1. The minimum absolute atomic E-state index is 0.224. The van der Waals surface area contributed by atoms with Gasteiger partial charge in [0.2, 0.25) is 0 Å². The summed E-state index contributed by atoms with van der Waals surface area (Å²) >= 11 is 7.00. The maximum Gasteiger partial charge on any atom is 0.271 e. The van der Waals surface area contributed by atoms with E-state index in [1.807, 2.05) is 25.1 Å². The quantitative estimate of drug-likeness (QED) is 0.841. The van der Waals surface area contributed by atoms with Crippen LogP contribution in [0.2, 0.25) is 4.34 Å². The summed E-state index contributed by atoms with van der Waals surface area (Å²) < 4.78 is 27.9. The summed E-state index contributed by atoms with van der Waals surface area (Å²) in [6.07, 6.45) is 0. The molecule has 0 radical (unpaired) electrons. The molecule has 2 aromatic rings. The van der Waals surface area contributed by atoms with Gasteiger partial charge in [-0.3, -0.25) is 4.72 Å². The van der Waals surface area contributed by atoms with Crippen LogP contribution in [-0.4, -0.2) is 15.0 Å². The molecule has 4 nitrogen and oxygen atoms in total. The third-order valence-corrected chi connectivity index (χ3v) is 6.27. The molecule has 0 aliphatic heterocycles. The molecule has 0 saturated carbocycles. The highest BCUT2D eigenvalue weighted by molar-refractivity contribution is 7.94. The maximum atomic E-state index is 12.3. The van der Waals surface area contributed by atoms with Gasteiger partial charge in [0.15, 0.2) is 0 Å². The van der Waals surface area contributed by atoms with Crippen LogP contribution in [0.5, 0.6) is 0 Å². The van der Waals surface area contributed by atoms with Crippen molar-refractivity contribution in [3.63, 3.8) is 0 Å². The van der Waals surface area contributed by atoms with E-state index in [1.54, 1.807) is 19.1 Å². The summed E-state index contributed by atoms with van der Waals surface area (Å²) in [5.41, 5.74) is 2.34. The van der Waals surface area contributed by atoms with Crippen LogP contribution in [-0.2, 0) is 16.6 Å². The van der Waals surface area contributed by atoms with Crippen molar-refractivity contribution in [1.82, 2.24) is 5.32 Å². The highest BCUT2D eigenvalue weighted by atomic mass is 35.5. The highest BCUT2D eigenvalue weighted by Crippen LogP contribution is 2.31. The van der Waals surface area contributed by atoms with E-state index in [9.17, 15) is 8.42 Å². The number of rotatable bonds is 6. The summed E-state index contributed by atoms with van der Waals surface area (Å²) in [5, 5.41) is 3.20. The van der Waals surface area contributed by atoms with Crippen molar-refractivity contribution < 1.29 is 8.42 Å². The van der Waals surface area contributed by atoms with Crippen molar-refractivity contribution >= 4 is 38.6 Å². The van der Waals surface area contributed by atoms with E-state index in [1.165, 1.54) is 0 Å². The first-order valence-electron chi connectivity index (χ1n) is 6.51. The first kappa shape index (κ1) is 16.3. The van der Waals surface area contributed by atoms with Gasteiger partial charge in [-0.05, 0) is 42.8 Å². The van der Waals surface area contributed by atoms with Gasteiger partial charge in [0.25, 0.3) is 10.0 Å². The summed E-state index contributed by atoms with van der Waals surface area (Å²) in [7, 11) is -3.59. The highest BCUT2D eigenvalue weighted by Gasteiger charge is 2.18. The van der Waals surface area contributed by atoms with Gasteiger partial charge in [0.05, 0.1) is 4.34 Å². The number of nitrogens with one attached hydrogen (secondary N) is 2. The van der Waals surface area contributed by atoms with Gasteiger partial charge < -0.3 is 5.32 Å². The molecular weight excluding hydrogens is 328 g/mol. The van der Waals surface area contributed by atoms with Crippen molar-refractivity contribution in [2.75, 3.05) is 11.3 Å². The first-order chi connectivity index (χ1) is 9.92. The van der Waals surface area contributed by atoms with E-state index in [2.05, 4.69) is 10.0 Å². The molecule has 2 N–H and O–H groups in total. The summed E-state index contributed by atoms with van der Waals surface area (Å²) in [6, 6.07) is 8.92. The van der Waals surface area contributed by atoms with E-state index in [0.29, 0.717) is 16.6 Å². The fourth-order valence-corrected chi connectivity index (χ4v) is 4.54. The molecule has 114 valence electrons. The van der Waals surface area contributed by atoms with Gasteiger partial charge in [-0.15, -0.1) is 11.3 Å². The summed E-state index contributed by atoms with van der Waals surface area (Å²) in [6.45, 7) is 5.38. The fraction of sp³-hybridized carbons (Fsp3) is 0.286. The molecular formula is C14H17ClN2O2S2. The number of aryl methyl sites for hydroxylation is 1. The Morgan fingerprint density at radius 1 is 1.29 bits per heavy atom. The van der Waals surface area contributed by atoms with Crippen LogP contribution in [0.25, 0.3) is 0 Å². The normalized spacial score (nSPS) is 11.6. The predicted molar refractivity (Wildman–Crippen MR) is 88.7 cm³/mol. The third kappa shape index (κ3) is 4.20. The second-order valence-corrected chi connectivity index (χ2v) is 8.17. The lowest BCUT2D eigenvalue weighted by Crippen LogP contribution is -2.13. The van der Waals surface area contributed by atoms with Crippen molar-refractivity contribution in [3.05, 3.63) is 45.8 Å². The molecule has 0 aliphatic carbocycles. The molecule has 0 fully saturated rings. The molecule has 0 unspecified atom stereocenters. The number of anilines is 1. The molecule has 1 aromatic heterocycles. The number of sulfonamides is 1. The monoisotopic (exact) mass is 344 g/mol. The molecule has 0 amide bonds. The molecule has 0 spiro atoms. The smallest absolute Gasteiger partial charge is 0.271 e. The Balaban J connectivity index is 2.20. The second kappa shape index (κ2) is 6.79. The predicted octanol–water partition coefficient (Wildman–Crippen LogP) is 3.62. The number of benzene rings is 1. The van der Waals surface area contributed by atoms with Gasteiger partial charge in [0, 0.05) is 12.2 Å². The molecule has 0 saturated heterocycles. The Kier molecular flexibility index (Phi) is 5.27. The lowest BCUT2D eigenvalue weighted by atomic mass is 10.2. The molecule has 0 bridgehead atoms. The van der Waals surface area contributed by atoms with Crippen molar-refractivity contribution in [3.8, 4) is 0 Å². The largest absolute Gasteiger partial charge is 0.313 e. The van der Waals surface area contributed by atoms with Crippen LogP contribution in [0, 0.1) is 6.92 Å². The molecule has 0 atom stereocenters. The molecule has 1 heterocycles. The van der Waals surface area contributed by atoms with Crippen LogP contribution < -0.4 is 10.0 Å². The standard InChI is InChI=1S/C14H17ClN2O2S2/c1-3-16-9-11-5-4-6-12(8-11)17-21(18,19)13-7-10(2)14(15)20-13/h4-8,16-17H,3,9H2,1-2H3. The van der Waals surface area contributed by atoms with Gasteiger partial charge in [-0.2, -0.15) is 0 Å². The molecule has 1 aromatic carbocycles. The lowest BCUT2D eigenvalue weighted by Gasteiger charge is -2.08. The van der Waals surface area contributed by atoms with Crippen molar-refractivity contribution in [2.45, 2.75) is 24.6 Å². The zero-order valence-corrected chi connectivity index (χ0v) is 14.2. The van der Waals surface area contributed by atoms with Gasteiger partial charge in [0.1, 0.15) is 4.21 Å². The zero-order chi connectivity index (χ0) is 15.5. The van der Waals surface area contributed by atoms with Gasteiger partial charge in [-0.25, -0.2) is 8.42 Å². The Morgan fingerprint density at radius 3 is 2.67 bits per heavy atom. The minimum atomic E-state index is -3.59. The van der Waals surface area contributed by atoms with E-state index in [4.69, 9.17) is 11.6 Å². The molecule has 2 rings (SSSR count). The Labute approximate surface area is 134 Å². The summed E-state index contributed by atoms with van der Waals surface area (Å²) in [4.78, 5) is 0. The molecule has 0 aliphatic rings. The maximum absolute atomic E-state index is 12.3. The van der Waals surface area contributed by atoms with Crippen molar-refractivity contribution in [2.24, 2.45) is 0 Å². The molecule has 7 heteroatoms. The van der Waals surface area contributed by atoms with Gasteiger partial charge in [-0.1, -0.05) is 30.7 Å². The zero-order valence-electron chi connectivity index (χ0n) is 11.8. The van der Waals surface area contributed by atoms with Crippen LogP contribution >= 0.6 is 22.9 Å². The van der Waals surface area contributed by atoms with Crippen LogP contribution in [0.1, 0.15) is 18.1 Å². The van der Waals surface area contributed by atoms with Crippen LogP contribution in [0.4, 0.5) is 5.69 Å². The number of halogens is 1. The van der Waals surface area contributed by atoms with Crippen LogP contribution in [0.15, 0.2) is 34.5 Å². The third-order valence-electron chi connectivity index (χ3n) is 2.86. The number of thiophene rings is 1. The number of hydrogen-bond acceptors (Lipinski definition) is 4. The number of hydrogen-bond donors (Lipinski definition) is 2. The Hall–Kier alpha value is -1.08. The Morgan fingerprint density at radius 2 is 2.05 bits per heavy atom. The lowest BCUT2D eigenvalue weighted by molar-refractivity contribution is 0.603. The summed E-state index contributed by atoms with van der Waals surface area (Å²) in [5.74, 6) is 0. The van der Waals surface area contributed by atoms with Crippen LogP contribution in [0.3, 0.4) is 0 Å². The minimum Gasteiger partial charge on any atom is -0.313 e. The second-order valence-electron chi connectivity index (χ2n) is 4.61. The fourth-order valence-electron chi connectivity index (χ4n) is 1.78. The van der Waals surface area contributed by atoms with E-state index < -0.39 is 10.0 Å². The average Bonchev–Trinajstić information content (AvgIpc) is 2.77. The topological polar surface area (TPSA) is 58.2 Å². The van der Waals surface area contributed by atoms with E-state index in [0.717, 1.165) is 29.0 Å². The van der Waals surface area contributed by atoms with Crippen molar-refractivity contribution in [1.29, 1.82) is 0 Å². The van der Waals surface area contributed by atoms with E-state index in [-0.39, 0.29) is 4.21 Å². The molecule has 21 heavy (non-hydrogen) atoms. The van der Waals surface area contributed by atoms with E-state index >= 15 is 0 Å². The average molecular weight is 345 g/mol. The first-order valence-corrected chi connectivity index (χ1v) is 9.18. The Bertz CT molecular complexity index is 707.